The van der Waals surface area contributed by atoms with E-state index in [2.05, 4.69) is 11.3 Å². The lowest BCUT2D eigenvalue weighted by Gasteiger charge is -2.09. The van der Waals surface area contributed by atoms with Crippen LogP contribution in [0.3, 0.4) is 0 Å². The summed E-state index contributed by atoms with van der Waals surface area (Å²) in [4.78, 5) is 11.0. The van der Waals surface area contributed by atoms with E-state index >= 15 is 0 Å². The van der Waals surface area contributed by atoms with Crippen LogP contribution in [0, 0.1) is 0 Å². The SMILES string of the molecule is C=C(C(=O)OC)C1CCCS1(=O)=O. The molecule has 74 valence electrons. The van der Waals surface area contributed by atoms with Crippen LogP contribution in [0.15, 0.2) is 12.2 Å². The molecule has 1 heterocycles. The largest absolute Gasteiger partial charge is 0.466 e. The van der Waals surface area contributed by atoms with Crippen molar-refractivity contribution in [2.24, 2.45) is 0 Å². The topological polar surface area (TPSA) is 60.4 Å². The van der Waals surface area contributed by atoms with Crippen molar-refractivity contribution in [3.8, 4) is 0 Å². The third-order valence-corrected chi connectivity index (χ3v) is 4.41. The Hall–Kier alpha value is -0.840. The lowest BCUT2D eigenvalue weighted by Crippen LogP contribution is -2.23. The fraction of sp³-hybridized carbons (Fsp3) is 0.625. The van der Waals surface area contributed by atoms with Crippen molar-refractivity contribution in [3.63, 3.8) is 0 Å². The summed E-state index contributed by atoms with van der Waals surface area (Å²) in [5.74, 6) is -0.483. The second-order valence-electron chi connectivity index (χ2n) is 3.01. The molecule has 0 spiro atoms. The fourth-order valence-electron chi connectivity index (χ4n) is 1.45. The summed E-state index contributed by atoms with van der Waals surface area (Å²) >= 11 is 0. The summed E-state index contributed by atoms with van der Waals surface area (Å²) in [7, 11) is -1.92. The highest BCUT2D eigenvalue weighted by Crippen LogP contribution is 2.25. The zero-order chi connectivity index (χ0) is 10.1. The predicted molar refractivity (Wildman–Crippen MR) is 48.0 cm³/mol. The molecule has 1 atom stereocenters. The van der Waals surface area contributed by atoms with Crippen LogP contribution in [-0.2, 0) is 19.4 Å². The summed E-state index contributed by atoms with van der Waals surface area (Å²) in [6.45, 7) is 3.45. The fourth-order valence-corrected chi connectivity index (χ4v) is 3.35. The number of hydrogen-bond donors (Lipinski definition) is 0. The number of methoxy groups -OCH3 is 1. The van der Waals surface area contributed by atoms with Crippen LogP contribution in [0.25, 0.3) is 0 Å². The minimum absolute atomic E-state index is 0.0556. The Labute approximate surface area is 77.5 Å². The molecule has 0 aromatic heterocycles. The van der Waals surface area contributed by atoms with Gasteiger partial charge >= 0.3 is 5.97 Å². The normalized spacial score (nSPS) is 25.5. The van der Waals surface area contributed by atoms with Gasteiger partial charge in [0.1, 0.15) is 0 Å². The molecule has 4 nitrogen and oxygen atoms in total. The van der Waals surface area contributed by atoms with Gasteiger partial charge in [-0.1, -0.05) is 6.58 Å². The first-order chi connectivity index (χ1) is 5.99. The molecule has 0 bridgehead atoms. The van der Waals surface area contributed by atoms with Crippen LogP contribution >= 0.6 is 0 Å². The highest BCUT2D eigenvalue weighted by molar-refractivity contribution is 7.92. The molecule has 0 aromatic carbocycles. The molecular formula is C8H12O4S. The van der Waals surface area contributed by atoms with Crippen molar-refractivity contribution < 1.29 is 17.9 Å². The van der Waals surface area contributed by atoms with E-state index < -0.39 is 21.1 Å². The van der Waals surface area contributed by atoms with Gasteiger partial charge in [0.15, 0.2) is 9.84 Å². The second-order valence-corrected chi connectivity index (χ2v) is 5.32. The van der Waals surface area contributed by atoms with E-state index in [1.54, 1.807) is 0 Å². The summed E-state index contributed by atoms with van der Waals surface area (Å²) in [6, 6.07) is 0. The van der Waals surface area contributed by atoms with Gasteiger partial charge in [0.2, 0.25) is 0 Å². The van der Waals surface area contributed by atoms with Crippen LogP contribution in [0.2, 0.25) is 0 Å². The van der Waals surface area contributed by atoms with E-state index in [1.165, 1.54) is 7.11 Å². The van der Waals surface area contributed by atoms with Crippen molar-refractivity contribution in [2.75, 3.05) is 12.9 Å². The molecule has 0 N–H and O–H groups in total. The molecular weight excluding hydrogens is 192 g/mol. The lowest BCUT2D eigenvalue weighted by molar-refractivity contribution is -0.136. The number of rotatable bonds is 2. The van der Waals surface area contributed by atoms with Crippen molar-refractivity contribution >= 4 is 15.8 Å². The van der Waals surface area contributed by atoms with Crippen LogP contribution in [0.5, 0.6) is 0 Å². The van der Waals surface area contributed by atoms with Gasteiger partial charge < -0.3 is 4.74 Å². The minimum Gasteiger partial charge on any atom is -0.466 e. The molecule has 0 radical (unpaired) electrons. The summed E-state index contributed by atoms with van der Waals surface area (Å²) < 4.78 is 27.1. The van der Waals surface area contributed by atoms with Crippen molar-refractivity contribution in [2.45, 2.75) is 18.1 Å². The average molecular weight is 204 g/mol. The summed E-state index contributed by atoms with van der Waals surface area (Å²) in [5, 5.41) is -0.722. The third-order valence-electron chi connectivity index (χ3n) is 2.16. The van der Waals surface area contributed by atoms with Gasteiger partial charge in [0, 0.05) is 5.57 Å². The van der Waals surface area contributed by atoms with Crippen LogP contribution in [0.1, 0.15) is 12.8 Å². The van der Waals surface area contributed by atoms with E-state index in [-0.39, 0.29) is 11.3 Å². The Morgan fingerprint density at radius 1 is 1.54 bits per heavy atom. The van der Waals surface area contributed by atoms with Crippen LogP contribution in [0.4, 0.5) is 0 Å². The van der Waals surface area contributed by atoms with E-state index in [0.717, 1.165) is 0 Å². The standard InChI is InChI=1S/C8H12O4S/c1-6(8(9)12-2)7-4-3-5-13(7,10)11/h7H,1,3-5H2,2H3. The average Bonchev–Trinajstić information content (AvgIpc) is 2.42. The first kappa shape index (κ1) is 10.2. The molecule has 1 unspecified atom stereocenters. The molecule has 0 saturated carbocycles. The molecule has 1 aliphatic rings. The first-order valence-corrected chi connectivity index (χ1v) is 5.69. The van der Waals surface area contributed by atoms with Gasteiger partial charge in [0.25, 0.3) is 0 Å². The van der Waals surface area contributed by atoms with Gasteiger partial charge in [-0.2, -0.15) is 0 Å². The maximum atomic E-state index is 11.4. The molecule has 5 heteroatoms. The monoisotopic (exact) mass is 204 g/mol. The van der Waals surface area contributed by atoms with E-state index in [0.29, 0.717) is 12.8 Å². The quantitative estimate of drug-likeness (QED) is 0.479. The van der Waals surface area contributed by atoms with Crippen molar-refractivity contribution in [1.29, 1.82) is 0 Å². The number of carbonyl (C=O) groups is 1. The van der Waals surface area contributed by atoms with Gasteiger partial charge in [-0.15, -0.1) is 0 Å². The number of sulfone groups is 1. The van der Waals surface area contributed by atoms with E-state index in [4.69, 9.17) is 0 Å². The maximum absolute atomic E-state index is 11.4. The summed E-state index contributed by atoms with van der Waals surface area (Å²) in [6.07, 6.45) is 1.08. The number of hydrogen-bond acceptors (Lipinski definition) is 4. The first-order valence-electron chi connectivity index (χ1n) is 3.97. The maximum Gasteiger partial charge on any atom is 0.334 e. The molecule has 1 saturated heterocycles. The molecule has 1 rings (SSSR count). The van der Waals surface area contributed by atoms with Gasteiger partial charge in [0.05, 0.1) is 18.1 Å². The zero-order valence-electron chi connectivity index (χ0n) is 7.45. The van der Waals surface area contributed by atoms with Crippen LogP contribution in [-0.4, -0.2) is 32.5 Å². The molecule has 13 heavy (non-hydrogen) atoms. The Balaban J connectivity index is 2.85. The zero-order valence-corrected chi connectivity index (χ0v) is 8.26. The summed E-state index contributed by atoms with van der Waals surface area (Å²) in [5.41, 5.74) is 0.0556. The third kappa shape index (κ3) is 1.91. The molecule has 1 fully saturated rings. The molecule has 0 aromatic rings. The van der Waals surface area contributed by atoms with Gasteiger partial charge in [-0.05, 0) is 12.8 Å². The molecule has 0 amide bonds. The second kappa shape index (κ2) is 3.49. The Kier molecular flexibility index (Phi) is 2.75. The highest BCUT2D eigenvalue weighted by atomic mass is 32.2. The predicted octanol–water partition coefficient (Wildman–Crippen LogP) is 0.293. The van der Waals surface area contributed by atoms with Crippen LogP contribution < -0.4 is 0 Å². The smallest absolute Gasteiger partial charge is 0.334 e. The van der Waals surface area contributed by atoms with Crippen molar-refractivity contribution in [1.82, 2.24) is 0 Å². The Bertz CT molecular complexity index is 328. The Morgan fingerprint density at radius 2 is 2.15 bits per heavy atom. The highest BCUT2D eigenvalue weighted by Gasteiger charge is 2.36. The molecule has 1 aliphatic heterocycles. The minimum atomic E-state index is -3.14. The number of esters is 1. The molecule has 0 aliphatic carbocycles. The van der Waals surface area contributed by atoms with E-state index in [9.17, 15) is 13.2 Å². The van der Waals surface area contributed by atoms with Crippen molar-refractivity contribution in [3.05, 3.63) is 12.2 Å². The van der Waals surface area contributed by atoms with E-state index in [1.807, 2.05) is 0 Å². The van der Waals surface area contributed by atoms with Gasteiger partial charge in [-0.3, -0.25) is 0 Å². The van der Waals surface area contributed by atoms with Gasteiger partial charge in [-0.25, -0.2) is 13.2 Å². The number of carbonyl (C=O) groups excluding carboxylic acids is 1. The Morgan fingerprint density at radius 3 is 2.54 bits per heavy atom. The lowest BCUT2D eigenvalue weighted by atomic mass is 10.1. The number of ether oxygens (including phenoxy) is 1.